The van der Waals surface area contributed by atoms with Crippen LogP contribution in [0, 0.1) is 5.92 Å². The first-order chi connectivity index (χ1) is 7.06. The zero-order valence-electron chi connectivity index (χ0n) is 10.3. The van der Waals surface area contributed by atoms with Gasteiger partial charge in [-0.15, -0.1) is 11.3 Å². The highest BCUT2D eigenvalue weighted by atomic mass is 32.1. The van der Waals surface area contributed by atoms with E-state index < -0.39 is 0 Å². The third kappa shape index (κ3) is 3.28. The summed E-state index contributed by atoms with van der Waals surface area (Å²) >= 11 is 1.72. The Hall–Kier alpha value is -0.410. The molecule has 0 fully saturated rings. The monoisotopic (exact) mass is 227 g/mol. The summed E-state index contributed by atoms with van der Waals surface area (Å²) in [6.07, 6.45) is 0.160. The van der Waals surface area contributed by atoms with E-state index in [9.17, 15) is 0 Å². The largest absolute Gasteiger partial charge is 0.371 e. The highest BCUT2D eigenvalue weighted by molar-refractivity contribution is 7.09. The Bertz CT molecular complexity index is 294. The lowest BCUT2D eigenvalue weighted by molar-refractivity contribution is 0.0292. The molecular weight excluding hydrogens is 206 g/mol. The summed E-state index contributed by atoms with van der Waals surface area (Å²) in [5.74, 6) is 0.987. The van der Waals surface area contributed by atoms with Gasteiger partial charge in [-0.25, -0.2) is 4.98 Å². The van der Waals surface area contributed by atoms with E-state index in [1.807, 2.05) is 6.92 Å². The fraction of sp³-hybridized carbons (Fsp3) is 0.750. The maximum atomic E-state index is 5.73. The SMILES string of the molecule is CCOC(c1nc(C(C)C)cs1)C(C)C. The second-order valence-corrected chi connectivity index (χ2v) is 5.27. The Kier molecular flexibility index (Phi) is 4.74. The summed E-state index contributed by atoms with van der Waals surface area (Å²) < 4.78 is 5.73. The quantitative estimate of drug-likeness (QED) is 0.758. The van der Waals surface area contributed by atoms with Crippen molar-refractivity contribution in [1.29, 1.82) is 0 Å². The molecule has 1 atom stereocenters. The van der Waals surface area contributed by atoms with Gasteiger partial charge in [-0.2, -0.15) is 0 Å². The van der Waals surface area contributed by atoms with Crippen LogP contribution in [0.2, 0.25) is 0 Å². The van der Waals surface area contributed by atoms with E-state index in [1.54, 1.807) is 11.3 Å². The molecule has 0 amide bonds. The summed E-state index contributed by atoms with van der Waals surface area (Å²) in [5.41, 5.74) is 1.18. The van der Waals surface area contributed by atoms with Crippen LogP contribution in [-0.4, -0.2) is 11.6 Å². The highest BCUT2D eigenvalue weighted by Gasteiger charge is 2.20. The molecule has 1 rings (SSSR count). The Labute approximate surface area is 96.7 Å². The zero-order valence-corrected chi connectivity index (χ0v) is 11.1. The van der Waals surface area contributed by atoms with E-state index in [0.29, 0.717) is 11.8 Å². The molecule has 1 aromatic rings. The third-order valence-corrected chi connectivity index (χ3v) is 3.25. The standard InChI is InChI=1S/C12H21NOS/c1-6-14-11(9(4)5)12-13-10(7-15-12)8(2)3/h7-9,11H,6H2,1-5H3. The fourth-order valence-electron chi connectivity index (χ4n) is 1.43. The Morgan fingerprint density at radius 2 is 2.00 bits per heavy atom. The number of hydrogen-bond donors (Lipinski definition) is 0. The average Bonchev–Trinajstić information content (AvgIpc) is 2.62. The number of aromatic nitrogens is 1. The van der Waals surface area contributed by atoms with Crippen LogP contribution in [0.4, 0.5) is 0 Å². The molecule has 0 bridgehead atoms. The van der Waals surface area contributed by atoms with Crippen molar-refractivity contribution in [2.24, 2.45) is 5.92 Å². The first-order valence-electron chi connectivity index (χ1n) is 5.63. The summed E-state index contributed by atoms with van der Waals surface area (Å²) in [6.45, 7) is 11.5. The van der Waals surface area contributed by atoms with Crippen LogP contribution in [0.1, 0.15) is 57.3 Å². The lowest BCUT2D eigenvalue weighted by Crippen LogP contribution is -2.11. The summed E-state index contributed by atoms with van der Waals surface area (Å²) in [7, 11) is 0. The molecule has 0 aliphatic rings. The van der Waals surface area contributed by atoms with Crippen molar-refractivity contribution in [3.05, 3.63) is 16.1 Å². The van der Waals surface area contributed by atoms with E-state index in [1.165, 1.54) is 5.69 Å². The van der Waals surface area contributed by atoms with Crippen LogP contribution in [0.15, 0.2) is 5.38 Å². The van der Waals surface area contributed by atoms with Gasteiger partial charge < -0.3 is 4.74 Å². The highest BCUT2D eigenvalue weighted by Crippen LogP contribution is 2.30. The van der Waals surface area contributed by atoms with E-state index in [0.717, 1.165) is 11.6 Å². The van der Waals surface area contributed by atoms with Crippen LogP contribution in [0.5, 0.6) is 0 Å². The Morgan fingerprint density at radius 1 is 1.33 bits per heavy atom. The van der Waals surface area contributed by atoms with Crippen LogP contribution in [0.25, 0.3) is 0 Å². The predicted molar refractivity (Wildman–Crippen MR) is 65.4 cm³/mol. The molecule has 1 aromatic heterocycles. The molecule has 0 N–H and O–H groups in total. The molecule has 0 aliphatic heterocycles. The van der Waals surface area contributed by atoms with Gasteiger partial charge in [0.25, 0.3) is 0 Å². The molecule has 1 heterocycles. The minimum Gasteiger partial charge on any atom is -0.371 e. The van der Waals surface area contributed by atoms with Crippen molar-refractivity contribution in [3.63, 3.8) is 0 Å². The normalized spacial score (nSPS) is 13.8. The third-order valence-electron chi connectivity index (χ3n) is 2.33. The van der Waals surface area contributed by atoms with E-state index in [2.05, 4.69) is 38.1 Å². The topological polar surface area (TPSA) is 22.1 Å². The first-order valence-corrected chi connectivity index (χ1v) is 6.51. The molecular formula is C12H21NOS. The number of rotatable bonds is 5. The van der Waals surface area contributed by atoms with E-state index in [-0.39, 0.29) is 6.10 Å². The van der Waals surface area contributed by atoms with Gasteiger partial charge in [-0.1, -0.05) is 27.7 Å². The van der Waals surface area contributed by atoms with Gasteiger partial charge in [0.2, 0.25) is 0 Å². The number of thiazole rings is 1. The van der Waals surface area contributed by atoms with E-state index >= 15 is 0 Å². The second kappa shape index (κ2) is 5.61. The molecule has 0 saturated carbocycles. The second-order valence-electron chi connectivity index (χ2n) is 4.39. The van der Waals surface area contributed by atoms with Crippen molar-refractivity contribution in [3.8, 4) is 0 Å². The van der Waals surface area contributed by atoms with Gasteiger partial charge in [0, 0.05) is 12.0 Å². The van der Waals surface area contributed by atoms with Gasteiger partial charge in [0.05, 0.1) is 5.69 Å². The van der Waals surface area contributed by atoms with Crippen molar-refractivity contribution >= 4 is 11.3 Å². The maximum absolute atomic E-state index is 5.73. The van der Waals surface area contributed by atoms with Crippen molar-refractivity contribution < 1.29 is 4.74 Å². The molecule has 0 aromatic carbocycles. The summed E-state index contributed by atoms with van der Waals surface area (Å²) in [6, 6.07) is 0. The molecule has 15 heavy (non-hydrogen) atoms. The summed E-state index contributed by atoms with van der Waals surface area (Å²) in [4.78, 5) is 4.64. The molecule has 0 radical (unpaired) electrons. The van der Waals surface area contributed by atoms with Crippen molar-refractivity contribution in [2.45, 2.75) is 46.6 Å². The lowest BCUT2D eigenvalue weighted by atomic mass is 10.1. The molecule has 0 spiro atoms. The van der Waals surface area contributed by atoms with Crippen LogP contribution < -0.4 is 0 Å². The summed E-state index contributed by atoms with van der Waals surface area (Å²) in [5, 5.41) is 3.27. The zero-order chi connectivity index (χ0) is 11.4. The lowest BCUT2D eigenvalue weighted by Gasteiger charge is -2.18. The van der Waals surface area contributed by atoms with Crippen LogP contribution in [0.3, 0.4) is 0 Å². The molecule has 86 valence electrons. The van der Waals surface area contributed by atoms with Crippen molar-refractivity contribution in [1.82, 2.24) is 4.98 Å². The number of hydrogen-bond acceptors (Lipinski definition) is 3. The maximum Gasteiger partial charge on any atom is 0.122 e. The van der Waals surface area contributed by atoms with Crippen molar-refractivity contribution in [2.75, 3.05) is 6.61 Å². The molecule has 0 saturated heterocycles. The van der Waals surface area contributed by atoms with Gasteiger partial charge in [0.15, 0.2) is 0 Å². The molecule has 2 nitrogen and oxygen atoms in total. The van der Waals surface area contributed by atoms with E-state index in [4.69, 9.17) is 4.74 Å². The van der Waals surface area contributed by atoms with Gasteiger partial charge in [0.1, 0.15) is 11.1 Å². The minimum absolute atomic E-state index is 0.160. The van der Waals surface area contributed by atoms with Gasteiger partial charge in [-0.05, 0) is 18.8 Å². The molecule has 3 heteroatoms. The first kappa shape index (κ1) is 12.7. The van der Waals surface area contributed by atoms with Gasteiger partial charge in [-0.3, -0.25) is 0 Å². The number of nitrogens with zero attached hydrogens (tertiary/aromatic N) is 1. The Balaban J connectivity index is 2.81. The van der Waals surface area contributed by atoms with Crippen LogP contribution >= 0.6 is 11.3 Å². The molecule has 0 aliphatic carbocycles. The fourth-order valence-corrected chi connectivity index (χ4v) is 2.62. The molecule has 1 unspecified atom stereocenters. The smallest absolute Gasteiger partial charge is 0.122 e. The number of ether oxygens (including phenoxy) is 1. The van der Waals surface area contributed by atoms with Gasteiger partial charge >= 0.3 is 0 Å². The Morgan fingerprint density at radius 3 is 2.40 bits per heavy atom. The minimum atomic E-state index is 0.160. The average molecular weight is 227 g/mol. The van der Waals surface area contributed by atoms with Crippen LogP contribution in [-0.2, 0) is 4.74 Å². The predicted octanol–water partition coefficient (Wildman–Crippen LogP) is 4.00.